The molecule has 0 saturated heterocycles. The van der Waals surface area contributed by atoms with Crippen molar-refractivity contribution in [2.75, 3.05) is 0 Å². The maximum atomic E-state index is 12.9. The molecule has 0 unspecified atom stereocenters. The molecule has 0 fully saturated rings. The van der Waals surface area contributed by atoms with E-state index in [-0.39, 0.29) is 17.5 Å². The summed E-state index contributed by atoms with van der Waals surface area (Å²) >= 11 is 0. The highest BCUT2D eigenvalue weighted by molar-refractivity contribution is 6.15. The highest BCUT2D eigenvalue weighted by atomic mass is 16.5. The third-order valence-corrected chi connectivity index (χ3v) is 5.07. The number of ketones is 1. The van der Waals surface area contributed by atoms with Crippen LogP contribution < -0.4 is 9.47 Å². The lowest BCUT2D eigenvalue weighted by Crippen LogP contribution is -2.25. The normalized spacial score (nSPS) is 14.9. The fraction of sp³-hybridized carbons (Fsp3) is 0.250. The van der Waals surface area contributed by atoms with Crippen LogP contribution in [0.5, 0.6) is 11.5 Å². The van der Waals surface area contributed by atoms with Crippen LogP contribution in [-0.2, 0) is 11.8 Å². The molecular formula is C24H23NO4. The van der Waals surface area contributed by atoms with Gasteiger partial charge in [0.15, 0.2) is 5.76 Å². The Hall–Kier alpha value is -3.34. The van der Waals surface area contributed by atoms with Crippen LogP contribution in [0.1, 0.15) is 42.3 Å². The van der Waals surface area contributed by atoms with Crippen molar-refractivity contribution in [2.24, 2.45) is 12.5 Å². The smallest absolute Gasteiger partial charge is 0.316 e. The van der Waals surface area contributed by atoms with Gasteiger partial charge >= 0.3 is 5.97 Å². The Balaban J connectivity index is 1.70. The number of rotatable bonds is 2. The number of hydrogen-bond donors (Lipinski definition) is 0. The van der Waals surface area contributed by atoms with Crippen LogP contribution in [0.3, 0.4) is 0 Å². The van der Waals surface area contributed by atoms with Gasteiger partial charge in [0.1, 0.15) is 11.5 Å². The number of carbonyl (C=O) groups excluding carboxylic acids is 2. The SMILES string of the molecule is Cc1c(OC(=O)C(C)(C)C)ccc2c1OC(=Cc1cn(C)c3ccccc13)C2=O. The van der Waals surface area contributed by atoms with Gasteiger partial charge in [-0.2, -0.15) is 0 Å². The van der Waals surface area contributed by atoms with E-state index in [0.717, 1.165) is 16.5 Å². The topological polar surface area (TPSA) is 57.5 Å². The zero-order chi connectivity index (χ0) is 20.9. The van der Waals surface area contributed by atoms with Crippen LogP contribution in [0.2, 0.25) is 0 Å². The van der Waals surface area contributed by atoms with Gasteiger partial charge < -0.3 is 14.0 Å². The Morgan fingerprint density at radius 2 is 1.86 bits per heavy atom. The number of benzene rings is 2. The summed E-state index contributed by atoms with van der Waals surface area (Å²) in [4.78, 5) is 25.1. The number of ether oxygens (including phenoxy) is 2. The second-order valence-corrected chi connectivity index (χ2v) is 8.36. The first-order chi connectivity index (χ1) is 13.7. The first kappa shape index (κ1) is 19.0. The van der Waals surface area contributed by atoms with Crippen LogP contribution in [0, 0.1) is 12.3 Å². The lowest BCUT2D eigenvalue weighted by molar-refractivity contribution is -0.143. The molecule has 3 aromatic rings. The van der Waals surface area contributed by atoms with Crippen LogP contribution in [0.25, 0.3) is 17.0 Å². The maximum absolute atomic E-state index is 12.9. The Labute approximate surface area is 169 Å². The average molecular weight is 389 g/mol. The Morgan fingerprint density at radius 3 is 2.59 bits per heavy atom. The molecule has 0 atom stereocenters. The van der Waals surface area contributed by atoms with Crippen molar-refractivity contribution in [2.45, 2.75) is 27.7 Å². The van der Waals surface area contributed by atoms with Gasteiger partial charge in [-0.05, 0) is 52.0 Å². The van der Waals surface area contributed by atoms with Crippen molar-refractivity contribution < 1.29 is 19.1 Å². The minimum atomic E-state index is -0.623. The van der Waals surface area contributed by atoms with Gasteiger partial charge in [0, 0.05) is 35.3 Å². The highest BCUT2D eigenvalue weighted by Gasteiger charge is 2.32. The predicted molar refractivity (Wildman–Crippen MR) is 112 cm³/mol. The number of fused-ring (bicyclic) bond motifs is 2. The van der Waals surface area contributed by atoms with Crippen LogP contribution in [0.15, 0.2) is 48.4 Å². The van der Waals surface area contributed by atoms with E-state index in [1.807, 2.05) is 42.1 Å². The van der Waals surface area contributed by atoms with Gasteiger partial charge in [-0.1, -0.05) is 18.2 Å². The van der Waals surface area contributed by atoms with Crippen LogP contribution in [-0.4, -0.2) is 16.3 Å². The van der Waals surface area contributed by atoms with Crippen molar-refractivity contribution in [3.05, 3.63) is 65.0 Å². The molecule has 0 N–H and O–H groups in total. The van der Waals surface area contributed by atoms with E-state index in [1.165, 1.54) is 0 Å². The van der Waals surface area contributed by atoms with E-state index in [0.29, 0.717) is 22.6 Å². The standard InChI is InChI=1S/C24H23NO4/c1-14-19(29-23(27)24(2,3)4)11-10-17-21(26)20(28-22(14)17)12-15-13-25(5)18-9-7-6-8-16(15)18/h6-13H,1-5H3. The zero-order valence-electron chi connectivity index (χ0n) is 17.2. The molecule has 2 heterocycles. The third-order valence-electron chi connectivity index (χ3n) is 5.07. The number of aryl methyl sites for hydroxylation is 1. The summed E-state index contributed by atoms with van der Waals surface area (Å²) in [5.41, 5.74) is 2.48. The minimum absolute atomic E-state index is 0.176. The van der Waals surface area contributed by atoms with Gasteiger partial charge in [0.25, 0.3) is 0 Å². The van der Waals surface area contributed by atoms with Gasteiger partial charge in [-0.3, -0.25) is 9.59 Å². The average Bonchev–Trinajstić information content (AvgIpc) is 3.15. The molecule has 1 aliphatic rings. The van der Waals surface area contributed by atoms with Crippen molar-refractivity contribution in [1.82, 2.24) is 4.57 Å². The molecule has 0 aliphatic carbocycles. The van der Waals surface area contributed by atoms with Gasteiger partial charge in [-0.15, -0.1) is 0 Å². The molecule has 1 aliphatic heterocycles. The molecule has 0 bridgehead atoms. The summed E-state index contributed by atoms with van der Waals surface area (Å²) in [6, 6.07) is 11.3. The van der Waals surface area contributed by atoms with Gasteiger partial charge in [-0.25, -0.2) is 0 Å². The van der Waals surface area contributed by atoms with E-state index in [9.17, 15) is 9.59 Å². The molecule has 0 saturated carbocycles. The highest BCUT2D eigenvalue weighted by Crippen LogP contribution is 2.40. The van der Waals surface area contributed by atoms with Gasteiger partial charge in [0.05, 0.1) is 11.0 Å². The fourth-order valence-electron chi connectivity index (χ4n) is 3.36. The monoisotopic (exact) mass is 389 g/mol. The summed E-state index contributed by atoms with van der Waals surface area (Å²) in [5.74, 6) is 0.600. The van der Waals surface area contributed by atoms with Crippen molar-refractivity contribution in [3.63, 3.8) is 0 Å². The van der Waals surface area contributed by atoms with E-state index in [4.69, 9.17) is 9.47 Å². The Bertz CT molecular complexity index is 1190. The predicted octanol–water partition coefficient (Wildman–Crippen LogP) is 5.05. The molecule has 2 aromatic carbocycles. The van der Waals surface area contributed by atoms with E-state index < -0.39 is 5.41 Å². The van der Waals surface area contributed by atoms with Gasteiger partial charge in [0.2, 0.25) is 5.78 Å². The van der Waals surface area contributed by atoms with Crippen LogP contribution in [0.4, 0.5) is 0 Å². The number of nitrogens with zero attached hydrogens (tertiary/aromatic N) is 1. The van der Waals surface area contributed by atoms with Crippen molar-refractivity contribution in [3.8, 4) is 11.5 Å². The Morgan fingerprint density at radius 1 is 1.14 bits per heavy atom. The third kappa shape index (κ3) is 3.23. The van der Waals surface area contributed by atoms with E-state index >= 15 is 0 Å². The van der Waals surface area contributed by atoms with Crippen LogP contribution >= 0.6 is 0 Å². The number of aromatic nitrogens is 1. The second kappa shape index (κ2) is 6.62. The molecular weight excluding hydrogens is 366 g/mol. The van der Waals surface area contributed by atoms with E-state index in [1.54, 1.807) is 45.9 Å². The summed E-state index contributed by atoms with van der Waals surface area (Å²) in [6.07, 6.45) is 3.74. The molecule has 0 spiro atoms. The summed E-state index contributed by atoms with van der Waals surface area (Å²) in [5, 5.41) is 1.05. The second-order valence-electron chi connectivity index (χ2n) is 8.36. The zero-order valence-corrected chi connectivity index (χ0v) is 17.2. The maximum Gasteiger partial charge on any atom is 0.316 e. The minimum Gasteiger partial charge on any atom is -0.452 e. The first-order valence-electron chi connectivity index (χ1n) is 9.51. The summed E-state index contributed by atoms with van der Waals surface area (Å²) in [6.45, 7) is 7.17. The number of esters is 1. The molecule has 148 valence electrons. The molecule has 5 heteroatoms. The molecule has 5 nitrogen and oxygen atoms in total. The largest absolute Gasteiger partial charge is 0.452 e. The number of carbonyl (C=O) groups is 2. The summed E-state index contributed by atoms with van der Waals surface area (Å²) in [7, 11) is 1.97. The fourth-order valence-corrected chi connectivity index (χ4v) is 3.36. The van der Waals surface area contributed by atoms with E-state index in [2.05, 4.69) is 0 Å². The number of allylic oxidation sites excluding steroid dienone is 1. The molecule has 4 rings (SSSR count). The lowest BCUT2D eigenvalue weighted by Gasteiger charge is -2.17. The molecule has 1 aromatic heterocycles. The Kier molecular flexibility index (Phi) is 4.34. The lowest BCUT2D eigenvalue weighted by atomic mass is 9.97. The first-order valence-corrected chi connectivity index (χ1v) is 9.51. The van der Waals surface area contributed by atoms with Crippen molar-refractivity contribution >= 4 is 28.7 Å². The number of para-hydroxylation sites is 1. The number of hydrogen-bond acceptors (Lipinski definition) is 4. The quantitative estimate of drug-likeness (QED) is 0.349. The van der Waals surface area contributed by atoms with Crippen molar-refractivity contribution in [1.29, 1.82) is 0 Å². The molecule has 29 heavy (non-hydrogen) atoms. The number of Topliss-reactive ketones (excluding diaryl/α,β-unsaturated/α-hetero) is 1. The molecule has 0 radical (unpaired) electrons. The molecule has 0 amide bonds. The summed E-state index contributed by atoms with van der Waals surface area (Å²) < 4.78 is 13.5.